The van der Waals surface area contributed by atoms with E-state index in [-0.39, 0.29) is 0 Å². The van der Waals surface area contributed by atoms with Crippen molar-refractivity contribution in [2.45, 2.75) is 19.9 Å². The fourth-order valence-corrected chi connectivity index (χ4v) is 4.13. The minimum atomic E-state index is 0.724. The molecule has 0 amide bonds. The highest BCUT2D eigenvalue weighted by atomic mass is 32.1. The minimum Gasteiger partial charge on any atom is -0.345 e. The Morgan fingerprint density at radius 1 is 0.968 bits per heavy atom. The molecule has 2 N–H and O–H groups in total. The standard InChI is InChI=1S/C25H23N5S/c1-2-14-30(16-17-8-4-3-5-9-17)25(31)26-18-12-13-20-19(15-18)23-24(28-20)29-22-11-7-6-10-21(22)27-23/h3-13,15H,2,14,16H2,1H3,(H,26,31)(H,28,29). The van der Waals surface area contributed by atoms with Gasteiger partial charge < -0.3 is 15.2 Å². The summed E-state index contributed by atoms with van der Waals surface area (Å²) >= 11 is 5.76. The van der Waals surface area contributed by atoms with Gasteiger partial charge in [0, 0.05) is 29.7 Å². The Bertz CT molecular complexity index is 1380. The van der Waals surface area contributed by atoms with Gasteiger partial charge in [-0.15, -0.1) is 0 Å². The Kier molecular flexibility index (Phi) is 5.22. The first-order chi connectivity index (χ1) is 15.2. The summed E-state index contributed by atoms with van der Waals surface area (Å²) in [6.45, 7) is 3.85. The SMILES string of the molecule is CCCN(Cc1ccccc1)C(=S)Nc1ccc2[nH]c3nc4ccccc4nc3c2c1. The van der Waals surface area contributed by atoms with Crippen molar-refractivity contribution in [3.05, 3.63) is 78.4 Å². The van der Waals surface area contributed by atoms with E-state index in [4.69, 9.17) is 22.2 Å². The highest BCUT2D eigenvalue weighted by Crippen LogP contribution is 2.27. The number of nitrogens with one attached hydrogen (secondary N) is 2. The summed E-state index contributed by atoms with van der Waals surface area (Å²) in [5, 5.41) is 5.18. The molecule has 6 heteroatoms. The third-order valence-corrected chi connectivity index (χ3v) is 5.71. The lowest BCUT2D eigenvalue weighted by Gasteiger charge is -2.25. The van der Waals surface area contributed by atoms with Gasteiger partial charge in [0.05, 0.1) is 11.0 Å². The van der Waals surface area contributed by atoms with E-state index in [9.17, 15) is 0 Å². The van der Waals surface area contributed by atoms with Crippen molar-refractivity contribution in [1.82, 2.24) is 19.9 Å². The number of hydrogen-bond donors (Lipinski definition) is 2. The minimum absolute atomic E-state index is 0.724. The zero-order valence-corrected chi connectivity index (χ0v) is 18.1. The van der Waals surface area contributed by atoms with Gasteiger partial charge in [-0.1, -0.05) is 49.4 Å². The molecule has 31 heavy (non-hydrogen) atoms. The lowest BCUT2D eigenvalue weighted by molar-refractivity contribution is 0.418. The average Bonchev–Trinajstić information content (AvgIpc) is 3.14. The molecule has 0 saturated carbocycles. The van der Waals surface area contributed by atoms with E-state index in [2.05, 4.69) is 58.5 Å². The molecule has 2 heterocycles. The molecule has 2 aromatic heterocycles. The topological polar surface area (TPSA) is 56.8 Å². The van der Waals surface area contributed by atoms with E-state index in [1.807, 2.05) is 36.4 Å². The number of nitrogens with zero attached hydrogens (tertiary/aromatic N) is 3. The smallest absolute Gasteiger partial charge is 0.173 e. The maximum atomic E-state index is 5.76. The van der Waals surface area contributed by atoms with Gasteiger partial charge in [-0.25, -0.2) is 9.97 Å². The number of fused-ring (bicyclic) bond motifs is 4. The molecule has 0 aliphatic heterocycles. The molecule has 0 atom stereocenters. The van der Waals surface area contributed by atoms with Crippen molar-refractivity contribution in [2.75, 3.05) is 11.9 Å². The number of rotatable bonds is 5. The summed E-state index contributed by atoms with van der Waals surface area (Å²) < 4.78 is 0. The number of H-pyrrole nitrogens is 1. The average molecular weight is 426 g/mol. The van der Waals surface area contributed by atoms with Crippen LogP contribution in [0.3, 0.4) is 0 Å². The van der Waals surface area contributed by atoms with E-state index in [0.717, 1.165) is 63.4 Å². The Morgan fingerprint density at radius 2 is 1.71 bits per heavy atom. The van der Waals surface area contributed by atoms with E-state index in [0.29, 0.717) is 0 Å². The Balaban J connectivity index is 1.45. The van der Waals surface area contributed by atoms with Crippen LogP contribution in [0.2, 0.25) is 0 Å². The first-order valence-corrected chi connectivity index (χ1v) is 10.9. The van der Waals surface area contributed by atoms with Crippen LogP contribution in [0.5, 0.6) is 0 Å². The lowest BCUT2D eigenvalue weighted by atomic mass is 10.2. The summed E-state index contributed by atoms with van der Waals surface area (Å²) in [7, 11) is 0. The first kappa shape index (κ1) is 19.5. The molecule has 5 nitrogen and oxygen atoms in total. The van der Waals surface area contributed by atoms with Crippen molar-refractivity contribution in [1.29, 1.82) is 0 Å². The van der Waals surface area contributed by atoms with Crippen LogP contribution in [0.4, 0.5) is 5.69 Å². The predicted octanol–water partition coefficient (Wildman–Crippen LogP) is 5.87. The number of aromatic amines is 1. The molecular formula is C25H23N5S. The summed E-state index contributed by atoms with van der Waals surface area (Å²) in [6, 6.07) is 24.5. The molecule has 5 rings (SSSR count). The number of aromatic nitrogens is 3. The molecular weight excluding hydrogens is 402 g/mol. The second-order valence-corrected chi connectivity index (χ2v) is 8.02. The zero-order valence-electron chi connectivity index (χ0n) is 17.3. The molecule has 3 aromatic carbocycles. The summed E-state index contributed by atoms with van der Waals surface area (Å²) in [5.41, 5.74) is 6.65. The van der Waals surface area contributed by atoms with Crippen LogP contribution in [0.15, 0.2) is 72.8 Å². The quantitative estimate of drug-likeness (QED) is 0.345. The van der Waals surface area contributed by atoms with Gasteiger partial charge >= 0.3 is 0 Å². The predicted molar refractivity (Wildman–Crippen MR) is 132 cm³/mol. The largest absolute Gasteiger partial charge is 0.345 e. The van der Waals surface area contributed by atoms with Crippen molar-refractivity contribution < 1.29 is 0 Å². The maximum absolute atomic E-state index is 5.76. The van der Waals surface area contributed by atoms with Gasteiger partial charge in [0.1, 0.15) is 5.52 Å². The molecule has 154 valence electrons. The third kappa shape index (κ3) is 3.94. The van der Waals surface area contributed by atoms with E-state index < -0.39 is 0 Å². The van der Waals surface area contributed by atoms with Crippen LogP contribution < -0.4 is 5.32 Å². The van der Waals surface area contributed by atoms with Crippen LogP contribution in [0, 0.1) is 0 Å². The normalized spacial score (nSPS) is 11.3. The lowest BCUT2D eigenvalue weighted by Crippen LogP contribution is -2.34. The van der Waals surface area contributed by atoms with Gasteiger partial charge in [0.15, 0.2) is 10.8 Å². The van der Waals surface area contributed by atoms with Crippen LogP contribution in [0.1, 0.15) is 18.9 Å². The number of thiocarbonyl (C=S) groups is 1. The van der Waals surface area contributed by atoms with Gasteiger partial charge in [0.2, 0.25) is 0 Å². The fraction of sp³-hybridized carbons (Fsp3) is 0.160. The Hall–Kier alpha value is -3.51. The second kappa shape index (κ2) is 8.32. The molecule has 5 aromatic rings. The van der Waals surface area contributed by atoms with E-state index >= 15 is 0 Å². The highest BCUT2D eigenvalue weighted by molar-refractivity contribution is 7.80. The molecule has 0 unspecified atom stereocenters. The van der Waals surface area contributed by atoms with Gasteiger partial charge in [-0.3, -0.25) is 0 Å². The second-order valence-electron chi connectivity index (χ2n) is 7.63. The van der Waals surface area contributed by atoms with Crippen molar-refractivity contribution >= 4 is 56.1 Å². The summed E-state index contributed by atoms with van der Waals surface area (Å²) in [6.07, 6.45) is 1.03. The number of para-hydroxylation sites is 2. The van der Waals surface area contributed by atoms with E-state index in [1.165, 1.54) is 5.56 Å². The van der Waals surface area contributed by atoms with Crippen molar-refractivity contribution in [3.63, 3.8) is 0 Å². The zero-order chi connectivity index (χ0) is 21.2. The first-order valence-electron chi connectivity index (χ1n) is 10.5. The number of anilines is 1. The van der Waals surface area contributed by atoms with E-state index in [1.54, 1.807) is 0 Å². The molecule has 0 spiro atoms. The monoisotopic (exact) mass is 425 g/mol. The van der Waals surface area contributed by atoms with Gasteiger partial charge in [-0.05, 0) is 54.5 Å². The fourth-order valence-electron chi connectivity index (χ4n) is 3.86. The Morgan fingerprint density at radius 3 is 2.48 bits per heavy atom. The number of hydrogen-bond acceptors (Lipinski definition) is 3. The summed E-state index contributed by atoms with van der Waals surface area (Å²) in [4.78, 5) is 15.2. The van der Waals surface area contributed by atoms with Gasteiger partial charge in [0.25, 0.3) is 0 Å². The van der Waals surface area contributed by atoms with Crippen LogP contribution in [0.25, 0.3) is 33.1 Å². The molecule has 0 bridgehead atoms. The molecule has 0 aliphatic carbocycles. The maximum Gasteiger partial charge on any atom is 0.173 e. The van der Waals surface area contributed by atoms with Crippen LogP contribution in [-0.2, 0) is 6.54 Å². The van der Waals surface area contributed by atoms with Crippen LogP contribution in [-0.4, -0.2) is 31.5 Å². The Labute approximate surface area is 186 Å². The third-order valence-electron chi connectivity index (χ3n) is 5.35. The molecule has 0 aliphatic rings. The highest BCUT2D eigenvalue weighted by Gasteiger charge is 2.13. The summed E-state index contributed by atoms with van der Waals surface area (Å²) in [5.74, 6) is 0. The van der Waals surface area contributed by atoms with Crippen LogP contribution >= 0.6 is 12.2 Å². The molecule has 0 radical (unpaired) electrons. The van der Waals surface area contributed by atoms with Gasteiger partial charge in [-0.2, -0.15) is 0 Å². The molecule has 0 saturated heterocycles. The van der Waals surface area contributed by atoms with Crippen molar-refractivity contribution in [2.24, 2.45) is 0 Å². The number of benzene rings is 3. The molecule has 0 fully saturated rings. The van der Waals surface area contributed by atoms with Crippen molar-refractivity contribution in [3.8, 4) is 0 Å².